The second kappa shape index (κ2) is 8.43. The van der Waals surface area contributed by atoms with Crippen molar-refractivity contribution < 1.29 is 0 Å². The lowest BCUT2D eigenvalue weighted by atomic mass is 9.75. The van der Waals surface area contributed by atoms with E-state index in [9.17, 15) is 0 Å². The predicted octanol–water partition coefficient (Wildman–Crippen LogP) is 4.46. The minimum atomic E-state index is 0.517. The minimum absolute atomic E-state index is 0.517. The van der Waals surface area contributed by atoms with Crippen LogP contribution >= 0.6 is 0 Å². The molecule has 0 atom stereocenters. The van der Waals surface area contributed by atoms with Crippen molar-refractivity contribution in [1.29, 1.82) is 0 Å². The Bertz CT molecular complexity index is 376. The predicted molar refractivity (Wildman–Crippen MR) is 93.0 cm³/mol. The molecule has 118 valence electrons. The Kier molecular flexibility index (Phi) is 6.56. The van der Waals surface area contributed by atoms with Crippen molar-refractivity contribution in [2.24, 2.45) is 5.41 Å². The Hall–Kier alpha value is -1.02. The van der Waals surface area contributed by atoms with Crippen LogP contribution in [0.25, 0.3) is 0 Å². The molecule has 2 nitrogen and oxygen atoms in total. The van der Waals surface area contributed by atoms with Crippen LogP contribution in [0.4, 0.5) is 5.69 Å². The number of hydrogen-bond acceptors (Lipinski definition) is 2. The molecule has 0 aromatic heterocycles. The van der Waals surface area contributed by atoms with Crippen molar-refractivity contribution in [3.63, 3.8) is 0 Å². The van der Waals surface area contributed by atoms with E-state index in [-0.39, 0.29) is 0 Å². The summed E-state index contributed by atoms with van der Waals surface area (Å²) in [7, 11) is 0. The van der Waals surface area contributed by atoms with Gasteiger partial charge in [0.2, 0.25) is 0 Å². The summed E-state index contributed by atoms with van der Waals surface area (Å²) in [5, 5.41) is 3.54. The molecular formula is C19H32N2. The highest BCUT2D eigenvalue weighted by atomic mass is 15.1. The first kappa shape index (κ1) is 16.4. The summed E-state index contributed by atoms with van der Waals surface area (Å²) >= 11 is 0. The van der Waals surface area contributed by atoms with Crippen molar-refractivity contribution in [2.45, 2.75) is 52.4 Å². The highest BCUT2D eigenvalue weighted by molar-refractivity contribution is 5.46. The Labute approximate surface area is 130 Å². The van der Waals surface area contributed by atoms with E-state index in [1.165, 1.54) is 70.4 Å². The Morgan fingerprint density at radius 3 is 2.38 bits per heavy atom. The number of rotatable bonds is 8. The van der Waals surface area contributed by atoms with Crippen molar-refractivity contribution in [2.75, 3.05) is 31.1 Å². The Balaban J connectivity index is 2.11. The van der Waals surface area contributed by atoms with Gasteiger partial charge in [0.1, 0.15) is 0 Å². The molecule has 1 aromatic rings. The van der Waals surface area contributed by atoms with Crippen molar-refractivity contribution in [3.05, 3.63) is 30.3 Å². The second-order valence-corrected chi connectivity index (χ2v) is 6.61. The molecule has 1 fully saturated rings. The zero-order chi connectivity index (χ0) is 15.0. The molecule has 1 aromatic carbocycles. The van der Waals surface area contributed by atoms with Crippen molar-refractivity contribution >= 4 is 5.69 Å². The zero-order valence-electron chi connectivity index (χ0n) is 13.9. The van der Waals surface area contributed by atoms with Gasteiger partial charge in [-0.1, -0.05) is 44.9 Å². The van der Waals surface area contributed by atoms with Crippen LogP contribution in [0, 0.1) is 5.41 Å². The zero-order valence-corrected chi connectivity index (χ0v) is 13.9. The molecule has 2 rings (SSSR count). The van der Waals surface area contributed by atoms with E-state index in [1.807, 2.05) is 0 Å². The van der Waals surface area contributed by atoms with Gasteiger partial charge in [-0.2, -0.15) is 0 Å². The molecule has 1 heterocycles. The molecule has 1 aliphatic heterocycles. The van der Waals surface area contributed by atoms with Gasteiger partial charge in [-0.3, -0.25) is 0 Å². The van der Waals surface area contributed by atoms with E-state index in [1.54, 1.807) is 0 Å². The van der Waals surface area contributed by atoms with Crippen molar-refractivity contribution in [1.82, 2.24) is 5.32 Å². The average molecular weight is 288 g/mol. The second-order valence-electron chi connectivity index (χ2n) is 6.61. The van der Waals surface area contributed by atoms with Crippen molar-refractivity contribution in [3.8, 4) is 0 Å². The number of anilines is 1. The largest absolute Gasteiger partial charge is 0.371 e. The quantitative estimate of drug-likeness (QED) is 0.759. The minimum Gasteiger partial charge on any atom is -0.371 e. The molecule has 0 aliphatic carbocycles. The average Bonchev–Trinajstić information content (AvgIpc) is 2.53. The molecule has 1 saturated heterocycles. The molecule has 2 heteroatoms. The molecule has 0 spiro atoms. The standard InChI is InChI=1S/C19H32N2/c1-3-5-16-21(18-9-7-6-8-10-18)17-19(11-4-2)12-14-20-15-13-19/h6-10,20H,3-5,11-17H2,1-2H3. The van der Waals surface area contributed by atoms with Crippen LogP contribution in [0.5, 0.6) is 0 Å². The summed E-state index contributed by atoms with van der Waals surface area (Å²) in [6.45, 7) is 9.43. The normalized spacial score (nSPS) is 17.6. The van der Waals surface area contributed by atoms with Crippen LogP contribution < -0.4 is 10.2 Å². The third-order valence-corrected chi connectivity index (χ3v) is 4.87. The fraction of sp³-hybridized carbons (Fsp3) is 0.684. The number of unbranched alkanes of at least 4 members (excludes halogenated alkanes) is 1. The van der Waals surface area contributed by atoms with Crippen LogP contribution in [-0.4, -0.2) is 26.2 Å². The number of para-hydroxylation sites is 1. The van der Waals surface area contributed by atoms with Gasteiger partial charge in [0.25, 0.3) is 0 Å². The molecule has 0 bridgehead atoms. The van der Waals surface area contributed by atoms with Gasteiger partial charge in [-0.05, 0) is 56.3 Å². The van der Waals surface area contributed by atoms with Crippen LogP contribution in [-0.2, 0) is 0 Å². The van der Waals surface area contributed by atoms with Gasteiger partial charge >= 0.3 is 0 Å². The highest BCUT2D eigenvalue weighted by Gasteiger charge is 2.33. The first-order valence-corrected chi connectivity index (χ1v) is 8.80. The molecule has 0 amide bonds. The Morgan fingerprint density at radius 1 is 1.05 bits per heavy atom. The lowest BCUT2D eigenvalue weighted by Crippen LogP contribution is -2.45. The lowest BCUT2D eigenvalue weighted by molar-refractivity contribution is 0.187. The number of hydrogen-bond donors (Lipinski definition) is 1. The van der Waals surface area contributed by atoms with E-state index in [2.05, 4.69) is 54.4 Å². The van der Waals surface area contributed by atoms with Crippen LogP contribution in [0.3, 0.4) is 0 Å². The summed E-state index contributed by atoms with van der Waals surface area (Å²) in [6.07, 6.45) is 7.88. The maximum Gasteiger partial charge on any atom is 0.0366 e. The number of benzene rings is 1. The first-order chi connectivity index (χ1) is 10.3. The first-order valence-electron chi connectivity index (χ1n) is 8.80. The Morgan fingerprint density at radius 2 is 1.76 bits per heavy atom. The van der Waals surface area contributed by atoms with E-state index in [0.717, 1.165) is 0 Å². The van der Waals surface area contributed by atoms with E-state index in [0.29, 0.717) is 5.41 Å². The van der Waals surface area contributed by atoms with E-state index >= 15 is 0 Å². The fourth-order valence-corrected chi connectivity index (χ4v) is 3.67. The third-order valence-electron chi connectivity index (χ3n) is 4.87. The molecular weight excluding hydrogens is 256 g/mol. The number of piperidine rings is 1. The maximum atomic E-state index is 3.54. The maximum absolute atomic E-state index is 3.54. The molecule has 0 radical (unpaired) electrons. The van der Waals surface area contributed by atoms with Gasteiger partial charge in [0, 0.05) is 18.8 Å². The van der Waals surface area contributed by atoms with Gasteiger partial charge in [0.05, 0.1) is 0 Å². The van der Waals surface area contributed by atoms with Gasteiger partial charge in [-0.15, -0.1) is 0 Å². The van der Waals surface area contributed by atoms with E-state index in [4.69, 9.17) is 0 Å². The fourth-order valence-electron chi connectivity index (χ4n) is 3.67. The SMILES string of the molecule is CCCCN(CC1(CCC)CCNCC1)c1ccccc1. The van der Waals surface area contributed by atoms with Gasteiger partial charge in [0.15, 0.2) is 0 Å². The molecule has 0 unspecified atom stereocenters. The summed E-state index contributed by atoms with van der Waals surface area (Å²) in [6, 6.07) is 11.0. The van der Waals surface area contributed by atoms with Crippen LogP contribution in [0.2, 0.25) is 0 Å². The summed E-state index contributed by atoms with van der Waals surface area (Å²) in [5.74, 6) is 0. The molecule has 0 saturated carbocycles. The van der Waals surface area contributed by atoms with Gasteiger partial charge < -0.3 is 10.2 Å². The molecule has 21 heavy (non-hydrogen) atoms. The third kappa shape index (κ3) is 4.74. The summed E-state index contributed by atoms with van der Waals surface area (Å²) in [4.78, 5) is 2.64. The van der Waals surface area contributed by atoms with Crippen LogP contribution in [0.1, 0.15) is 52.4 Å². The van der Waals surface area contributed by atoms with E-state index < -0.39 is 0 Å². The smallest absolute Gasteiger partial charge is 0.0366 e. The number of nitrogens with one attached hydrogen (secondary N) is 1. The van der Waals surface area contributed by atoms with Crippen LogP contribution in [0.15, 0.2) is 30.3 Å². The lowest BCUT2D eigenvalue weighted by Gasteiger charge is -2.42. The molecule has 1 aliphatic rings. The highest BCUT2D eigenvalue weighted by Crippen LogP contribution is 2.36. The van der Waals surface area contributed by atoms with Gasteiger partial charge in [-0.25, -0.2) is 0 Å². The molecule has 1 N–H and O–H groups in total. The summed E-state index contributed by atoms with van der Waals surface area (Å²) < 4.78 is 0. The number of nitrogens with zero attached hydrogens (tertiary/aromatic N) is 1. The monoisotopic (exact) mass is 288 g/mol. The summed E-state index contributed by atoms with van der Waals surface area (Å²) in [5.41, 5.74) is 1.92. The topological polar surface area (TPSA) is 15.3 Å².